The Morgan fingerprint density at radius 1 is 1.06 bits per heavy atom. The van der Waals surface area contributed by atoms with Crippen LogP contribution in [0.2, 0.25) is 0 Å². The van der Waals surface area contributed by atoms with Gasteiger partial charge < -0.3 is 23.7 Å². The van der Waals surface area contributed by atoms with Gasteiger partial charge in [-0.1, -0.05) is 0 Å². The third-order valence-electron chi connectivity index (χ3n) is 2.52. The molecule has 0 unspecified atom stereocenters. The summed E-state index contributed by atoms with van der Waals surface area (Å²) in [5.74, 6) is 0.285. The van der Waals surface area contributed by atoms with Crippen molar-refractivity contribution in [3.05, 3.63) is 22.6 Å². The van der Waals surface area contributed by atoms with Gasteiger partial charge in [-0.2, -0.15) is 0 Å². The minimum Gasteiger partial charge on any atom is -0.507 e. The average Bonchev–Trinajstić information content (AvgIpc) is 2.36. The molecule has 0 radical (unpaired) electrons. The van der Waals surface area contributed by atoms with E-state index in [1.807, 2.05) is 0 Å². The highest BCUT2D eigenvalue weighted by molar-refractivity contribution is 5.92. The summed E-state index contributed by atoms with van der Waals surface area (Å²) in [6, 6.07) is 2.88. The Balaban J connectivity index is 2.93. The number of methoxy groups -OCH3 is 3. The number of hydrogen-bond acceptors (Lipinski definition) is 6. The van der Waals surface area contributed by atoms with Crippen LogP contribution in [0.25, 0.3) is 11.0 Å². The first-order chi connectivity index (χ1) is 8.62. The van der Waals surface area contributed by atoms with Gasteiger partial charge in [-0.3, -0.25) is 0 Å². The molecule has 1 aromatic carbocycles. The van der Waals surface area contributed by atoms with Crippen LogP contribution in [0.15, 0.2) is 21.3 Å². The van der Waals surface area contributed by atoms with E-state index < -0.39 is 5.63 Å². The van der Waals surface area contributed by atoms with Gasteiger partial charge in [0.1, 0.15) is 22.5 Å². The fourth-order valence-electron chi connectivity index (χ4n) is 1.73. The summed E-state index contributed by atoms with van der Waals surface area (Å²) in [6.45, 7) is 0. The Kier molecular flexibility index (Phi) is 3.01. The molecular weight excluding hydrogens is 240 g/mol. The van der Waals surface area contributed by atoms with Crippen LogP contribution in [0.1, 0.15) is 0 Å². The third-order valence-corrected chi connectivity index (χ3v) is 2.52. The van der Waals surface area contributed by atoms with E-state index in [0.717, 1.165) is 0 Å². The van der Waals surface area contributed by atoms with Crippen LogP contribution in [0.5, 0.6) is 23.0 Å². The molecule has 18 heavy (non-hydrogen) atoms. The number of rotatable bonds is 3. The average molecular weight is 252 g/mol. The number of phenolic OH excluding ortho intramolecular Hbond substituents is 1. The van der Waals surface area contributed by atoms with Crippen molar-refractivity contribution in [2.24, 2.45) is 0 Å². The summed E-state index contributed by atoms with van der Waals surface area (Å²) in [4.78, 5) is 11.7. The molecule has 0 saturated heterocycles. The van der Waals surface area contributed by atoms with Gasteiger partial charge in [0, 0.05) is 12.1 Å². The Morgan fingerprint density at radius 3 is 2.28 bits per heavy atom. The molecule has 0 fully saturated rings. The zero-order valence-corrected chi connectivity index (χ0v) is 10.1. The third kappa shape index (κ3) is 1.71. The fraction of sp³-hybridized carbons (Fsp3) is 0.250. The largest absolute Gasteiger partial charge is 0.507 e. The number of phenols is 1. The predicted octanol–water partition coefficient (Wildman–Crippen LogP) is 1.52. The van der Waals surface area contributed by atoms with E-state index in [9.17, 15) is 9.90 Å². The Labute approximate surface area is 102 Å². The first kappa shape index (κ1) is 12.1. The maximum atomic E-state index is 11.7. The molecule has 2 rings (SSSR count). The van der Waals surface area contributed by atoms with Crippen molar-refractivity contribution in [1.29, 1.82) is 0 Å². The highest BCUT2D eigenvalue weighted by Gasteiger charge is 2.19. The van der Waals surface area contributed by atoms with Crippen LogP contribution in [0, 0.1) is 0 Å². The second kappa shape index (κ2) is 4.48. The number of aromatic hydroxyl groups is 1. The number of fused-ring (bicyclic) bond motifs is 1. The van der Waals surface area contributed by atoms with E-state index >= 15 is 0 Å². The standard InChI is InChI=1S/C12H12O6/c1-15-6-4-7(13)9-8(5-6)18-12(14)11(17-3)10(9)16-2/h4-5,13H,1-3H3. The minimum atomic E-state index is -0.686. The molecule has 6 nitrogen and oxygen atoms in total. The molecule has 0 spiro atoms. The van der Waals surface area contributed by atoms with Crippen molar-refractivity contribution in [3.8, 4) is 23.0 Å². The molecular formula is C12H12O6. The molecule has 0 aliphatic rings. The lowest BCUT2D eigenvalue weighted by Crippen LogP contribution is -2.06. The van der Waals surface area contributed by atoms with Crippen LogP contribution in [0.4, 0.5) is 0 Å². The second-order valence-corrected chi connectivity index (χ2v) is 3.48. The quantitative estimate of drug-likeness (QED) is 0.834. The molecule has 6 heteroatoms. The van der Waals surface area contributed by atoms with E-state index in [0.29, 0.717) is 5.75 Å². The highest BCUT2D eigenvalue weighted by Crippen LogP contribution is 2.40. The van der Waals surface area contributed by atoms with E-state index in [-0.39, 0.29) is 28.2 Å². The SMILES string of the molecule is COc1cc(O)c2c(OC)c(OC)c(=O)oc2c1. The molecule has 0 aliphatic heterocycles. The molecule has 1 aromatic heterocycles. The predicted molar refractivity (Wildman–Crippen MR) is 63.8 cm³/mol. The van der Waals surface area contributed by atoms with E-state index in [2.05, 4.69) is 0 Å². The fourth-order valence-corrected chi connectivity index (χ4v) is 1.73. The first-order valence-electron chi connectivity index (χ1n) is 5.08. The molecule has 1 heterocycles. The summed E-state index contributed by atoms with van der Waals surface area (Å²) >= 11 is 0. The summed E-state index contributed by atoms with van der Waals surface area (Å²) < 4.78 is 20.0. The van der Waals surface area contributed by atoms with Crippen molar-refractivity contribution in [2.75, 3.05) is 21.3 Å². The van der Waals surface area contributed by atoms with Crippen molar-refractivity contribution >= 4 is 11.0 Å². The zero-order valence-electron chi connectivity index (χ0n) is 10.1. The zero-order chi connectivity index (χ0) is 13.3. The molecule has 0 atom stereocenters. The van der Waals surface area contributed by atoms with Gasteiger partial charge in [0.25, 0.3) is 0 Å². The van der Waals surface area contributed by atoms with Crippen LogP contribution >= 0.6 is 0 Å². The second-order valence-electron chi connectivity index (χ2n) is 3.48. The van der Waals surface area contributed by atoms with E-state index in [1.165, 1.54) is 33.5 Å². The molecule has 1 N–H and O–H groups in total. The summed E-state index contributed by atoms with van der Waals surface area (Å²) in [5, 5.41) is 10.2. The molecule has 2 aromatic rings. The summed E-state index contributed by atoms with van der Waals surface area (Å²) in [7, 11) is 4.14. The Bertz CT molecular complexity index is 643. The molecule has 0 aliphatic carbocycles. The molecule has 0 amide bonds. The van der Waals surface area contributed by atoms with Gasteiger partial charge in [-0.15, -0.1) is 0 Å². The summed E-state index contributed by atoms with van der Waals surface area (Å²) in [6.07, 6.45) is 0. The van der Waals surface area contributed by atoms with Crippen LogP contribution in [-0.4, -0.2) is 26.4 Å². The van der Waals surface area contributed by atoms with Gasteiger partial charge in [-0.05, 0) is 0 Å². The normalized spacial score (nSPS) is 10.4. The van der Waals surface area contributed by atoms with Gasteiger partial charge in [0.2, 0.25) is 5.75 Å². The lowest BCUT2D eigenvalue weighted by Gasteiger charge is -2.11. The van der Waals surface area contributed by atoms with Gasteiger partial charge in [-0.25, -0.2) is 4.79 Å². The Morgan fingerprint density at radius 2 is 1.72 bits per heavy atom. The van der Waals surface area contributed by atoms with E-state index in [4.69, 9.17) is 18.6 Å². The van der Waals surface area contributed by atoms with Gasteiger partial charge >= 0.3 is 5.63 Å². The summed E-state index contributed by atoms with van der Waals surface area (Å²) in [5.41, 5.74) is -0.524. The number of ether oxygens (including phenoxy) is 3. The lowest BCUT2D eigenvalue weighted by atomic mass is 10.2. The monoisotopic (exact) mass is 252 g/mol. The first-order valence-corrected chi connectivity index (χ1v) is 5.08. The van der Waals surface area contributed by atoms with E-state index in [1.54, 1.807) is 0 Å². The number of benzene rings is 1. The smallest absolute Gasteiger partial charge is 0.383 e. The Hall–Kier alpha value is -2.37. The maximum Gasteiger partial charge on any atom is 0.383 e. The van der Waals surface area contributed by atoms with Gasteiger partial charge in [0.15, 0.2) is 5.75 Å². The lowest BCUT2D eigenvalue weighted by molar-refractivity contribution is 0.336. The van der Waals surface area contributed by atoms with Crippen LogP contribution in [-0.2, 0) is 0 Å². The van der Waals surface area contributed by atoms with Crippen LogP contribution < -0.4 is 19.8 Å². The van der Waals surface area contributed by atoms with Gasteiger partial charge in [0.05, 0.1) is 21.3 Å². The molecule has 96 valence electrons. The highest BCUT2D eigenvalue weighted by atomic mass is 16.5. The minimum absolute atomic E-state index is 0.0922. The number of hydrogen-bond donors (Lipinski definition) is 1. The maximum absolute atomic E-state index is 11.7. The van der Waals surface area contributed by atoms with Crippen molar-refractivity contribution < 1.29 is 23.7 Å². The van der Waals surface area contributed by atoms with Crippen molar-refractivity contribution in [1.82, 2.24) is 0 Å². The topological polar surface area (TPSA) is 78.1 Å². The van der Waals surface area contributed by atoms with Crippen molar-refractivity contribution in [3.63, 3.8) is 0 Å². The van der Waals surface area contributed by atoms with Crippen LogP contribution in [0.3, 0.4) is 0 Å². The van der Waals surface area contributed by atoms with Crippen molar-refractivity contribution in [2.45, 2.75) is 0 Å². The molecule has 0 bridgehead atoms. The molecule has 0 saturated carbocycles.